The van der Waals surface area contributed by atoms with E-state index in [1.807, 2.05) is 24.4 Å². The van der Waals surface area contributed by atoms with Gasteiger partial charge in [0.25, 0.3) is 0 Å². The molecule has 1 aromatic carbocycles. The number of fused-ring (bicyclic) bond motifs is 4. The third kappa shape index (κ3) is 1.15. The third-order valence-electron chi connectivity index (χ3n) is 2.98. The molecule has 3 heterocycles. The van der Waals surface area contributed by atoms with Gasteiger partial charge in [0.2, 0.25) is 0 Å². The molecule has 0 radical (unpaired) electrons. The van der Waals surface area contributed by atoms with Gasteiger partial charge in [-0.15, -0.1) is 0 Å². The van der Waals surface area contributed by atoms with E-state index in [1.165, 1.54) is 0 Å². The molecule has 0 aliphatic heterocycles. The van der Waals surface area contributed by atoms with E-state index in [9.17, 15) is 0 Å². The van der Waals surface area contributed by atoms with Gasteiger partial charge in [-0.05, 0) is 24.3 Å². The van der Waals surface area contributed by atoms with Gasteiger partial charge in [-0.1, -0.05) is 6.07 Å². The number of H-pyrrole nitrogens is 1. The Kier molecular flexibility index (Phi) is 1.53. The standard InChI is InChI=1S/C13H8N4/c1-2-10-9(13-8(1)3-5-14-13)7-12-11(16-10)4-6-15-17-12/h1-7,17H. The van der Waals surface area contributed by atoms with Crippen LogP contribution in [0.2, 0.25) is 0 Å². The Hall–Kier alpha value is -2.49. The van der Waals surface area contributed by atoms with Gasteiger partial charge in [-0.25, -0.2) is 4.98 Å². The summed E-state index contributed by atoms with van der Waals surface area (Å²) < 4.78 is 0. The molecule has 0 bridgehead atoms. The van der Waals surface area contributed by atoms with Gasteiger partial charge in [-0.2, -0.15) is 5.10 Å². The molecule has 0 fully saturated rings. The maximum absolute atomic E-state index is 4.60. The maximum atomic E-state index is 4.60. The minimum Gasteiger partial charge on any atom is -0.276 e. The fraction of sp³-hybridized carbons (Fsp3) is 0. The predicted molar refractivity (Wildman–Crippen MR) is 66.7 cm³/mol. The molecule has 0 aliphatic rings. The first-order valence-corrected chi connectivity index (χ1v) is 5.39. The summed E-state index contributed by atoms with van der Waals surface area (Å²) in [6.07, 6.45) is 3.53. The molecule has 4 heteroatoms. The first kappa shape index (κ1) is 8.64. The second-order valence-corrected chi connectivity index (χ2v) is 3.99. The lowest BCUT2D eigenvalue weighted by molar-refractivity contribution is 1.07. The topological polar surface area (TPSA) is 54.5 Å². The monoisotopic (exact) mass is 220 g/mol. The van der Waals surface area contributed by atoms with E-state index in [0.29, 0.717) is 0 Å². The SMILES string of the molecule is c1cc2nc3ccc4ccnc4c3cc2[nH]n1. The van der Waals surface area contributed by atoms with E-state index in [4.69, 9.17) is 0 Å². The molecule has 4 aromatic rings. The van der Waals surface area contributed by atoms with E-state index in [2.05, 4.69) is 32.3 Å². The number of rotatable bonds is 0. The number of nitrogens with zero attached hydrogens (tertiary/aromatic N) is 3. The highest BCUT2D eigenvalue weighted by Gasteiger charge is 2.05. The first-order valence-electron chi connectivity index (χ1n) is 5.39. The highest BCUT2D eigenvalue weighted by atomic mass is 15.1. The summed E-state index contributed by atoms with van der Waals surface area (Å²) in [5, 5.41) is 9.16. The van der Waals surface area contributed by atoms with Gasteiger partial charge in [0.15, 0.2) is 0 Å². The van der Waals surface area contributed by atoms with Crippen molar-refractivity contribution in [3.05, 3.63) is 42.7 Å². The number of aromatic amines is 1. The second kappa shape index (κ2) is 3.01. The van der Waals surface area contributed by atoms with E-state index in [1.54, 1.807) is 6.20 Å². The molecule has 0 atom stereocenters. The number of nitrogens with one attached hydrogen (secondary N) is 1. The molecule has 17 heavy (non-hydrogen) atoms. The van der Waals surface area contributed by atoms with Crippen molar-refractivity contribution < 1.29 is 0 Å². The van der Waals surface area contributed by atoms with Crippen LogP contribution in [0, 0.1) is 0 Å². The lowest BCUT2D eigenvalue weighted by Gasteiger charge is -2.01. The van der Waals surface area contributed by atoms with E-state index in [0.717, 1.165) is 32.8 Å². The molecular formula is C13H8N4. The molecule has 1 N–H and O–H groups in total. The molecule has 4 nitrogen and oxygen atoms in total. The molecule has 3 aromatic heterocycles. The number of pyridine rings is 1. The van der Waals surface area contributed by atoms with Crippen molar-refractivity contribution in [3.8, 4) is 0 Å². The number of aromatic nitrogens is 4. The smallest absolute Gasteiger partial charge is 0.0903 e. The summed E-state index contributed by atoms with van der Waals surface area (Å²) in [4.78, 5) is 8.98. The molecule has 4 rings (SSSR count). The fourth-order valence-electron chi connectivity index (χ4n) is 2.16. The van der Waals surface area contributed by atoms with Crippen LogP contribution in [0.3, 0.4) is 0 Å². The van der Waals surface area contributed by atoms with Crippen LogP contribution in [0.25, 0.3) is 32.8 Å². The molecule has 0 saturated heterocycles. The quantitative estimate of drug-likeness (QED) is 0.463. The molecule has 80 valence electrons. The third-order valence-corrected chi connectivity index (χ3v) is 2.98. The average molecular weight is 220 g/mol. The Bertz CT molecular complexity index is 848. The van der Waals surface area contributed by atoms with Gasteiger partial charge in [0, 0.05) is 23.2 Å². The fourth-order valence-corrected chi connectivity index (χ4v) is 2.16. The minimum absolute atomic E-state index is 0.915. The van der Waals surface area contributed by atoms with Crippen LogP contribution in [0.5, 0.6) is 0 Å². The highest BCUT2D eigenvalue weighted by Crippen LogP contribution is 2.25. The van der Waals surface area contributed by atoms with Gasteiger partial charge in [0.05, 0.1) is 22.1 Å². The van der Waals surface area contributed by atoms with Crippen LogP contribution >= 0.6 is 0 Å². The van der Waals surface area contributed by atoms with Crippen LogP contribution in [0.15, 0.2) is 42.7 Å². The van der Waals surface area contributed by atoms with Gasteiger partial charge >= 0.3 is 0 Å². The summed E-state index contributed by atoms with van der Waals surface area (Å²) in [5.41, 5.74) is 3.80. The van der Waals surface area contributed by atoms with E-state index < -0.39 is 0 Å². The zero-order valence-electron chi connectivity index (χ0n) is 8.88. The van der Waals surface area contributed by atoms with E-state index in [-0.39, 0.29) is 0 Å². The van der Waals surface area contributed by atoms with Crippen molar-refractivity contribution in [2.24, 2.45) is 0 Å². The Morgan fingerprint density at radius 3 is 2.94 bits per heavy atom. The molecular weight excluding hydrogens is 212 g/mol. The lowest BCUT2D eigenvalue weighted by Crippen LogP contribution is -1.87. The maximum Gasteiger partial charge on any atom is 0.0903 e. The van der Waals surface area contributed by atoms with Gasteiger partial charge < -0.3 is 0 Å². The van der Waals surface area contributed by atoms with Gasteiger partial charge in [0.1, 0.15) is 0 Å². The summed E-state index contributed by atoms with van der Waals surface area (Å²) in [6, 6.07) is 10.0. The number of benzene rings is 1. The summed E-state index contributed by atoms with van der Waals surface area (Å²) in [7, 11) is 0. The molecule has 0 aliphatic carbocycles. The van der Waals surface area contributed by atoms with Crippen molar-refractivity contribution >= 4 is 32.8 Å². The van der Waals surface area contributed by atoms with E-state index >= 15 is 0 Å². The zero-order chi connectivity index (χ0) is 11.2. The Morgan fingerprint density at radius 1 is 0.941 bits per heavy atom. The van der Waals surface area contributed by atoms with Crippen molar-refractivity contribution in [2.45, 2.75) is 0 Å². The summed E-state index contributed by atoms with van der Waals surface area (Å²) in [6.45, 7) is 0. The number of hydrogen-bond acceptors (Lipinski definition) is 3. The largest absolute Gasteiger partial charge is 0.276 e. The normalized spacial score (nSPS) is 11.5. The first-order chi connectivity index (χ1) is 8.42. The van der Waals surface area contributed by atoms with Crippen molar-refractivity contribution in [2.75, 3.05) is 0 Å². The second-order valence-electron chi connectivity index (χ2n) is 3.99. The zero-order valence-corrected chi connectivity index (χ0v) is 8.88. The van der Waals surface area contributed by atoms with Crippen LogP contribution in [-0.4, -0.2) is 20.2 Å². The Balaban J connectivity index is 2.29. The van der Waals surface area contributed by atoms with Crippen molar-refractivity contribution in [1.82, 2.24) is 20.2 Å². The molecule has 0 spiro atoms. The molecule has 0 amide bonds. The van der Waals surface area contributed by atoms with Crippen LogP contribution < -0.4 is 0 Å². The van der Waals surface area contributed by atoms with Crippen molar-refractivity contribution in [3.63, 3.8) is 0 Å². The number of hydrogen-bond donors (Lipinski definition) is 1. The van der Waals surface area contributed by atoms with Crippen LogP contribution in [0.1, 0.15) is 0 Å². The predicted octanol–water partition coefficient (Wildman–Crippen LogP) is 2.66. The van der Waals surface area contributed by atoms with Crippen LogP contribution in [-0.2, 0) is 0 Å². The summed E-state index contributed by atoms with van der Waals surface area (Å²) >= 11 is 0. The highest BCUT2D eigenvalue weighted by molar-refractivity contribution is 6.07. The Labute approximate surface area is 96.3 Å². The lowest BCUT2D eigenvalue weighted by atomic mass is 10.1. The van der Waals surface area contributed by atoms with Crippen LogP contribution in [0.4, 0.5) is 0 Å². The average Bonchev–Trinajstić information content (AvgIpc) is 2.85. The molecule has 0 saturated carbocycles. The summed E-state index contributed by atoms with van der Waals surface area (Å²) in [5.74, 6) is 0. The Morgan fingerprint density at radius 2 is 1.94 bits per heavy atom. The van der Waals surface area contributed by atoms with Crippen molar-refractivity contribution in [1.29, 1.82) is 0 Å². The van der Waals surface area contributed by atoms with Gasteiger partial charge in [-0.3, -0.25) is 10.1 Å². The molecule has 0 unspecified atom stereocenters. The minimum atomic E-state index is 0.915.